The fourth-order valence-corrected chi connectivity index (χ4v) is 2.59. The molecule has 3 rings (SSSR count). The predicted octanol–water partition coefficient (Wildman–Crippen LogP) is 4.62. The van der Waals surface area contributed by atoms with Gasteiger partial charge in [0.1, 0.15) is 11.5 Å². The monoisotopic (exact) mass is 338 g/mol. The third-order valence-corrected chi connectivity index (χ3v) is 3.85. The van der Waals surface area contributed by atoms with Gasteiger partial charge < -0.3 is 13.9 Å². The van der Waals surface area contributed by atoms with Gasteiger partial charge in [-0.2, -0.15) is 0 Å². The highest BCUT2D eigenvalue weighted by molar-refractivity contribution is 5.62. The molecule has 0 saturated carbocycles. The minimum Gasteiger partial charge on any atom is -0.496 e. The standard InChI is InChI=1S/C20H22N2O3/c1-20(2,3)15-10-6-8-12-17(15)24-13-18-21-22-19(25-18)14-9-5-7-11-16(14)23-4/h5-12H,13H2,1-4H3. The molecule has 1 heterocycles. The van der Waals surface area contributed by atoms with E-state index >= 15 is 0 Å². The van der Waals surface area contributed by atoms with Gasteiger partial charge in [-0.15, -0.1) is 10.2 Å². The third-order valence-electron chi connectivity index (χ3n) is 3.85. The second-order valence-corrected chi connectivity index (χ2v) is 6.74. The predicted molar refractivity (Wildman–Crippen MR) is 95.8 cm³/mol. The summed E-state index contributed by atoms with van der Waals surface area (Å²) in [4.78, 5) is 0. The second-order valence-electron chi connectivity index (χ2n) is 6.74. The van der Waals surface area contributed by atoms with Crippen molar-refractivity contribution in [2.45, 2.75) is 32.8 Å². The van der Waals surface area contributed by atoms with Crippen molar-refractivity contribution >= 4 is 0 Å². The van der Waals surface area contributed by atoms with E-state index in [0.717, 1.165) is 16.9 Å². The maximum Gasteiger partial charge on any atom is 0.254 e. The molecule has 1 aromatic heterocycles. The summed E-state index contributed by atoms with van der Waals surface area (Å²) in [7, 11) is 1.61. The summed E-state index contributed by atoms with van der Waals surface area (Å²) in [5.74, 6) is 2.36. The number of ether oxygens (including phenoxy) is 2. The van der Waals surface area contributed by atoms with Gasteiger partial charge in [0.25, 0.3) is 11.8 Å². The summed E-state index contributed by atoms with van der Waals surface area (Å²) in [5, 5.41) is 8.18. The summed E-state index contributed by atoms with van der Waals surface area (Å²) in [5.41, 5.74) is 1.90. The summed E-state index contributed by atoms with van der Waals surface area (Å²) < 4.78 is 17.0. The Morgan fingerprint density at radius 2 is 1.60 bits per heavy atom. The molecule has 0 atom stereocenters. The molecule has 0 spiro atoms. The number of aromatic nitrogens is 2. The zero-order valence-electron chi connectivity index (χ0n) is 14.9. The first-order chi connectivity index (χ1) is 12.0. The number of nitrogens with zero attached hydrogens (tertiary/aromatic N) is 2. The molecule has 2 aromatic carbocycles. The lowest BCUT2D eigenvalue weighted by atomic mass is 9.86. The van der Waals surface area contributed by atoms with Gasteiger partial charge in [-0.25, -0.2) is 0 Å². The number of hydrogen-bond acceptors (Lipinski definition) is 5. The van der Waals surface area contributed by atoms with Gasteiger partial charge in [0.2, 0.25) is 0 Å². The lowest BCUT2D eigenvalue weighted by Gasteiger charge is -2.22. The first kappa shape index (κ1) is 17.0. The van der Waals surface area contributed by atoms with E-state index in [1.165, 1.54) is 0 Å². The highest BCUT2D eigenvalue weighted by Crippen LogP contribution is 2.32. The molecule has 3 aromatic rings. The average molecular weight is 338 g/mol. The van der Waals surface area contributed by atoms with Crippen LogP contribution in [0.2, 0.25) is 0 Å². The zero-order valence-corrected chi connectivity index (χ0v) is 14.9. The van der Waals surface area contributed by atoms with E-state index in [2.05, 4.69) is 37.0 Å². The summed E-state index contributed by atoms with van der Waals surface area (Å²) in [6.07, 6.45) is 0. The molecule has 0 aliphatic carbocycles. The van der Waals surface area contributed by atoms with Crippen LogP contribution in [0, 0.1) is 0 Å². The molecule has 5 heteroatoms. The van der Waals surface area contributed by atoms with Crippen molar-refractivity contribution in [2.75, 3.05) is 7.11 Å². The molecule has 0 unspecified atom stereocenters. The van der Waals surface area contributed by atoms with Gasteiger partial charge in [0.05, 0.1) is 12.7 Å². The van der Waals surface area contributed by atoms with Crippen molar-refractivity contribution in [1.82, 2.24) is 10.2 Å². The number of benzene rings is 2. The molecule has 0 amide bonds. The molecule has 0 aliphatic rings. The second kappa shape index (κ2) is 6.97. The van der Waals surface area contributed by atoms with Gasteiger partial charge in [-0.3, -0.25) is 0 Å². The van der Waals surface area contributed by atoms with Crippen LogP contribution in [0.1, 0.15) is 32.2 Å². The normalized spacial score (nSPS) is 11.4. The fourth-order valence-electron chi connectivity index (χ4n) is 2.59. The number of hydrogen-bond donors (Lipinski definition) is 0. The first-order valence-electron chi connectivity index (χ1n) is 8.17. The number of methoxy groups -OCH3 is 1. The van der Waals surface area contributed by atoms with E-state index in [1.807, 2.05) is 42.5 Å². The van der Waals surface area contributed by atoms with E-state index in [0.29, 0.717) is 17.5 Å². The van der Waals surface area contributed by atoms with Crippen LogP contribution in [0.5, 0.6) is 11.5 Å². The molecular weight excluding hydrogens is 316 g/mol. The van der Waals surface area contributed by atoms with Gasteiger partial charge in [0.15, 0.2) is 6.61 Å². The topological polar surface area (TPSA) is 57.4 Å². The number of rotatable bonds is 5. The van der Waals surface area contributed by atoms with Crippen LogP contribution < -0.4 is 9.47 Å². The molecule has 0 saturated heterocycles. The maximum atomic E-state index is 5.93. The molecule has 0 bridgehead atoms. The molecule has 130 valence electrons. The van der Waals surface area contributed by atoms with Gasteiger partial charge in [-0.05, 0) is 29.2 Å². The van der Waals surface area contributed by atoms with E-state index in [9.17, 15) is 0 Å². The summed E-state index contributed by atoms with van der Waals surface area (Å²) in [6, 6.07) is 15.5. The summed E-state index contributed by atoms with van der Waals surface area (Å²) >= 11 is 0. The highest BCUT2D eigenvalue weighted by Gasteiger charge is 2.19. The Balaban J connectivity index is 1.77. The Labute approximate surface area is 147 Å². The molecule has 0 fully saturated rings. The molecular formula is C20H22N2O3. The van der Waals surface area contributed by atoms with Gasteiger partial charge in [0, 0.05) is 0 Å². The fraction of sp³-hybridized carbons (Fsp3) is 0.300. The first-order valence-corrected chi connectivity index (χ1v) is 8.17. The largest absolute Gasteiger partial charge is 0.496 e. The van der Waals surface area contributed by atoms with Crippen LogP contribution >= 0.6 is 0 Å². The SMILES string of the molecule is COc1ccccc1-c1nnc(COc2ccccc2C(C)(C)C)o1. The van der Waals surface area contributed by atoms with Crippen molar-refractivity contribution in [1.29, 1.82) is 0 Å². The Kier molecular flexibility index (Phi) is 4.74. The third kappa shape index (κ3) is 3.82. The smallest absolute Gasteiger partial charge is 0.254 e. The van der Waals surface area contributed by atoms with E-state index in [1.54, 1.807) is 7.11 Å². The van der Waals surface area contributed by atoms with E-state index in [4.69, 9.17) is 13.9 Å². The minimum atomic E-state index is -0.00595. The quantitative estimate of drug-likeness (QED) is 0.679. The molecule has 25 heavy (non-hydrogen) atoms. The van der Waals surface area contributed by atoms with Crippen LogP contribution in [-0.4, -0.2) is 17.3 Å². The maximum absolute atomic E-state index is 5.93. The van der Waals surface area contributed by atoms with Crippen LogP contribution in [0.4, 0.5) is 0 Å². The molecule has 0 N–H and O–H groups in total. The Bertz CT molecular complexity index is 850. The van der Waals surface area contributed by atoms with Crippen LogP contribution in [-0.2, 0) is 12.0 Å². The van der Waals surface area contributed by atoms with Gasteiger partial charge >= 0.3 is 0 Å². The van der Waals surface area contributed by atoms with Crippen molar-refractivity contribution < 1.29 is 13.9 Å². The Morgan fingerprint density at radius 1 is 0.920 bits per heavy atom. The molecule has 5 nitrogen and oxygen atoms in total. The van der Waals surface area contributed by atoms with Crippen LogP contribution in [0.3, 0.4) is 0 Å². The zero-order chi connectivity index (χ0) is 17.9. The lowest BCUT2D eigenvalue weighted by Crippen LogP contribution is -2.13. The lowest BCUT2D eigenvalue weighted by molar-refractivity contribution is 0.258. The van der Waals surface area contributed by atoms with Gasteiger partial charge in [-0.1, -0.05) is 51.1 Å². The Morgan fingerprint density at radius 3 is 2.32 bits per heavy atom. The van der Waals surface area contributed by atoms with Crippen molar-refractivity contribution in [3.63, 3.8) is 0 Å². The Hall–Kier alpha value is -2.82. The number of para-hydroxylation sites is 2. The van der Waals surface area contributed by atoms with Crippen molar-refractivity contribution in [3.05, 3.63) is 60.0 Å². The average Bonchev–Trinajstić information content (AvgIpc) is 3.08. The van der Waals surface area contributed by atoms with Crippen molar-refractivity contribution in [2.24, 2.45) is 0 Å². The van der Waals surface area contributed by atoms with E-state index in [-0.39, 0.29) is 12.0 Å². The van der Waals surface area contributed by atoms with Crippen molar-refractivity contribution in [3.8, 4) is 23.0 Å². The van der Waals surface area contributed by atoms with E-state index < -0.39 is 0 Å². The summed E-state index contributed by atoms with van der Waals surface area (Å²) in [6.45, 7) is 6.68. The van der Waals surface area contributed by atoms with Crippen LogP contribution in [0.15, 0.2) is 52.9 Å². The van der Waals surface area contributed by atoms with Crippen LogP contribution in [0.25, 0.3) is 11.5 Å². The molecule has 0 radical (unpaired) electrons. The minimum absolute atomic E-state index is 0.00595. The highest BCUT2D eigenvalue weighted by atomic mass is 16.5. The molecule has 0 aliphatic heterocycles.